The highest BCUT2D eigenvalue weighted by Gasteiger charge is 2.24. The first-order valence-corrected chi connectivity index (χ1v) is 10.1. The molecule has 0 bridgehead atoms. The van der Waals surface area contributed by atoms with Crippen LogP contribution in [-0.2, 0) is 14.6 Å². The maximum absolute atomic E-state index is 11.7. The molecule has 0 fully saturated rings. The molecule has 3 aromatic rings. The van der Waals surface area contributed by atoms with E-state index in [2.05, 4.69) is 0 Å². The van der Waals surface area contributed by atoms with E-state index >= 15 is 0 Å². The number of aromatic nitrogens is 1. The average Bonchev–Trinajstić information content (AvgIpc) is 2.98. The van der Waals surface area contributed by atoms with Crippen LogP contribution in [0.5, 0.6) is 0 Å². The number of aliphatic hydroxyl groups excluding tert-OH is 1. The molecule has 2 aromatic carbocycles. The van der Waals surface area contributed by atoms with Gasteiger partial charge in [0.05, 0.1) is 10.6 Å². The van der Waals surface area contributed by atoms with E-state index in [0.717, 1.165) is 11.9 Å². The summed E-state index contributed by atoms with van der Waals surface area (Å²) in [6.07, 6.45) is -0.510. The van der Waals surface area contributed by atoms with Crippen molar-refractivity contribution in [3.8, 4) is 16.9 Å². The first kappa shape index (κ1) is 18.9. The summed E-state index contributed by atoms with van der Waals surface area (Å²) in [5, 5.41) is 19.3. The second kappa shape index (κ2) is 7.02. The Bertz CT molecular complexity index is 1080. The monoisotopic (exact) mass is 385 g/mol. The Kier molecular flexibility index (Phi) is 4.91. The van der Waals surface area contributed by atoms with Crippen molar-refractivity contribution < 1.29 is 23.4 Å². The van der Waals surface area contributed by atoms with Gasteiger partial charge in [-0.1, -0.05) is 30.3 Å². The first-order valence-electron chi connectivity index (χ1n) is 8.19. The van der Waals surface area contributed by atoms with Crippen molar-refractivity contribution in [3.05, 3.63) is 71.9 Å². The van der Waals surface area contributed by atoms with Crippen LogP contribution in [0, 0.1) is 6.92 Å². The third-order valence-corrected chi connectivity index (χ3v) is 5.54. The normalized spacial score (nSPS) is 12.7. The van der Waals surface area contributed by atoms with Gasteiger partial charge in [0.1, 0.15) is 0 Å². The summed E-state index contributed by atoms with van der Waals surface area (Å²) in [7, 11) is -3.32. The Morgan fingerprint density at radius 1 is 1.04 bits per heavy atom. The molecule has 2 N–H and O–H groups in total. The predicted molar refractivity (Wildman–Crippen MR) is 102 cm³/mol. The van der Waals surface area contributed by atoms with Crippen LogP contribution in [0.15, 0.2) is 65.6 Å². The largest absolute Gasteiger partial charge is 0.479 e. The summed E-state index contributed by atoms with van der Waals surface area (Å²) in [5.74, 6) is -1.33. The lowest BCUT2D eigenvalue weighted by atomic mass is 10.1. The molecular weight excluding hydrogens is 366 g/mol. The number of rotatable bonds is 5. The molecule has 3 rings (SSSR count). The van der Waals surface area contributed by atoms with Gasteiger partial charge in [0.2, 0.25) is 0 Å². The molecule has 6 nitrogen and oxygen atoms in total. The molecule has 0 amide bonds. The van der Waals surface area contributed by atoms with Crippen LogP contribution >= 0.6 is 0 Å². The molecule has 0 aliphatic carbocycles. The van der Waals surface area contributed by atoms with Crippen molar-refractivity contribution >= 4 is 15.8 Å². The Hall–Kier alpha value is -2.90. The topological polar surface area (TPSA) is 96.6 Å². The Labute approximate surface area is 157 Å². The van der Waals surface area contributed by atoms with E-state index in [-0.39, 0.29) is 10.5 Å². The zero-order chi connectivity index (χ0) is 19.8. The van der Waals surface area contributed by atoms with Crippen LogP contribution in [0.1, 0.15) is 17.4 Å². The Morgan fingerprint density at radius 2 is 1.63 bits per heavy atom. The Balaban J connectivity index is 2.22. The molecular formula is C20H19NO5S. The zero-order valence-corrected chi connectivity index (χ0v) is 15.6. The van der Waals surface area contributed by atoms with E-state index < -0.39 is 21.9 Å². The predicted octanol–water partition coefficient (Wildman–Crippen LogP) is 2.97. The average molecular weight is 385 g/mol. The lowest BCUT2D eigenvalue weighted by Crippen LogP contribution is -2.11. The minimum atomic E-state index is -3.32. The van der Waals surface area contributed by atoms with Gasteiger partial charge >= 0.3 is 5.97 Å². The molecule has 0 aliphatic heterocycles. The number of hydrogen-bond donors (Lipinski definition) is 2. The van der Waals surface area contributed by atoms with Gasteiger partial charge in [-0.2, -0.15) is 0 Å². The fraction of sp³-hybridized carbons (Fsp3) is 0.150. The van der Waals surface area contributed by atoms with Gasteiger partial charge < -0.3 is 14.8 Å². The van der Waals surface area contributed by atoms with Crippen LogP contribution in [0.25, 0.3) is 16.9 Å². The minimum absolute atomic E-state index is 0.201. The van der Waals surface area contributed by atoms with E-state index in [1.165, 1.54) is 12.1 Å². The van der Waals surface area contributed by atoms with Gasteiger partial charge in [0, 0.05) is 23.2 Å². The van der Waals surface area contributed by atoms with Crippen LogP contribution in [0.2, 0.25) is 0 Å². The van der Waals surface area contributed by atoms with Crippen LogP contribution < -0.4 is 0 Å². The van der Waals surface area contributed by atoms with Crippen LogP contribution in [0.3, 0.4) is 0 Å². The molecule has 0 saturated carbocycles. The summed E-state index contributed by atoms with van der Waals surface area (Å²) < 4.78 is 25.2. The SMILES string of the molecule is Cc1c(C(O)C(=O)O)cc(-c2ccc(S(C)(=O)=O)cc2)n1-c1ccccc1. The highest BCUT2D eigenvalue weighted by molar-refractivity contribution is 7.90. The van der Waals surface area contributed by atoms with Crippen molar-refractivity contribution in [1.82, 2.24) is 4.57 Å². The molecule has 0 spiro atoms. The number of carboxylic acids is 1. The highest BCUT2D eigenvalue weighted by Crippen LogP contribution is 2.33. The molecule has 0 aliphatic rings. The van der Waals surface area contributed by atoms with Gasteiger partial charge in [-0.15, -0.1) is 0 Å². The molecule has 140 valence electrons. The number of benzene rings is 2. The zero-order valence-electron chi connectivity index (χ0n) is 14.8. The van der Waals surface area contributed by atoms with Crippen LogP contribution in [0.4, 0.5) is 0 Å². The molecule has 1 aromatic heterocycles. The summed E-state index contributed by atoms with van der Waals surface area (Å²) in [5.41, 5.74) is 3.06. The molecule has 7 heteroatoms. The quantitative estimate of drug-likeness (QED) is 0.704. The first-order chi connectivity index (χ1) is 12.7. The maximum atomic E-state index is 11.7. The van der Waals surface area contributed by atoms with Crippen molar-refractivity contribution in [1.29, 1.82) is 0 Å². The summed E-state index contributed by atoms with van der Waals surface area (Å²) in [4.78, 5) is 11.5. The second-order valence-corrected chi connectivity index (χ2v) is 8.29. The number of aliphatic carboxylic acids is 1. The van der Waals surface area contributed by atoms with Crippen molar-refractivity contribution in [3.63, 3.8) is 0 Å². The Morgan fingerprint density at radius 3 is 2.15 bits per heavy atom. The molecule has 1 unspecified atom stereocenters. The number of carbonyl (C=O) groups is 1. The van der Waals surface area contributed by atoms with E-state index in [0.29, 0.717) is 17.0 Å². The van der Waals surface area contributed by atoms with Crippen molar-refractivity contribution in [2.75, 3.05) is 6.26 Å². The highest BCUT2D eigenvalue weighted by atomic mass is 32.2. The fourth-order valence-electron chi connectivity index (χ4n) is 3.03. The minimum Gasteiger partial charge on any atom is -0.479 e. The van der Waals surface area contributed by atoms with Gasteiger partial charge in [0.25, 0.3) is 0 Å². The van der Waals surface area contributed by atoms with Crippen molar-refractivity contribution in [2.24, 2.45) is 0 Å². The number of carboxylic acid groups (broad SMARTS) is 1. The number of hydrogen-bond acceptors (Lipinski definition) is 4. The number of aliphatic hydroxyl groups is 1. The summed E-state index contributed by atoms with van der Waals surface area (Å²) in [6.45, 7) is 1.74. The van der Waals surface area contributed by atoms with Gasteiger partial charge in [-0.3, -0.25) is 0 Å². The van der Waals surface area contributed by atoms with E-state index in [1.807, 2.05) is 34.9 Å². The third-order valence-electron chi connectivity index (χ3n) is 4.41. The third kappa shape index (κ3) is 3.65. The van der Waals surface area contributed by atoms with Gasteiger partial charge in [-0.05, 0) is 42.8 Å². The van der Waals surface area contributed by atoms with Crippen molar-refractivity contribution in [2.45, 2.75) is 17.9 Å². The molecule has 27 heavy (non-hydrogen) atoms. The summed E-state index contributed by atoms with van der Waals surface area (Å²) >= 11 is 0. The molecule has 1 atom stereocenters. The number of sulfone groups is 1. The van der Waals surface area contributed by atoms with Crippen LogP contribution in [-0.4, -0.2) is 35.4 Å². The fourth-order valence-corrected chi connectivity index (χ4v) is 3.66. The number of nitrogens with zero attached hydrogens (tertiary/aromatic N) is 1. The molecule has 0 saturated heterocycles. The second-order valence-electron chi connectivity index (χ2n) is 6.28. The molecule has 0 radical (unpaired) electrons. The van der Waals surface area contributed by atoms with E-state index in [4.69, 9.17) is 0 Å². The van der Waals surface area contributed by atoms with Gasteiger partial charge in [-0.25, -0.2) is 13.2 Å². The van der Waals surface area contributed by atoms with E-state index in [1.54, 1.807) is 25.1 Å². The lowest BCUT2D eigenvalue weighted by molar-refractivity contribution is -0.147. The maximum Gasteiger partial charge on any atom is 0.337 e. The molecule has 1 heterocycles. The number of para-hydroxylation sites is 1. The smallest absolute Gasteiger partial charge is 0.337 e. The lowest BCUT2D eigenvalue weighted by Gasteiger charge is -2.13. The van der Waals surface area contributed by atoms with E-state index in [9.17, 15) is 23.4 Å². The standard InChI is InChI=1S/C20H19NO5S/c1-13-17(19(22)20(23)24)12-18(21(13)15-6-4-3-5-7-15)14-8-10-16(11-9-14)27(2,25)26/h3-12,19,22H,1-2H3,(H,23,24). The summed E-state index contributed by atoms with van der Waals surface area (Å²) in [6, 6.07) is 17.3. The van der Waals surface area contributed by atoms with Gasteiger partial charge in [0.15, 0.2) is 15.9 Å².